The van der Waals surface area contributed by atoms with Crippen molar-refractivity contribution in [2.75, 3.05) is 12.4 Å². The third kappa shape index (κ3) is 4.15. The molecule has 34 heavy (non-hydrogen) atoms. The lowest BCUT2D eigenvalue weighted by molar-refractivity contribution is -0.272. The van der Waals surface area contributed by atoms with Gasteiger partial charge in [0.05, 0.1) is 19.0 Å². The van der Waals surface area contributed by atoms with Crippen LogP contribution in [0.4, 0.5) is 32.0 Å². The van der Waals surface area contributed by atoms with Gasteiger partial charge in [0.2, 0.25) is 5.82 Å². The maximum absolute atomic E-state index is 14.4. The molecule has 2 heterocycles. The average Bonchev–Trinajstić information content (AvgIpc) is 3.03. The predicted octanol–water partition coefficient (Wildman–Crippen LogP) is 3.68. The Kier molecular flexibility index (Phi) is 6.53. The van der Waals surface area contributed by atoms with E-state index in [9.17, 15) is 35.9 Å². The minimum atomic E-state index is -4.97. The molecule has 1 aromatic carbocycles. The number of ether oxygens (including phenoxy) is 2. The number of alkyl halides is 3. The van der Waals surface area contributed by atoms with Crippen molar-refractivity contribution in [2.45, 2.75) is 37.6 Å². The van der Waals surface area contributed by atoms with Crippen LogP contribution < -0.4 is 15.8 Å². The van der Waals surface area contributed by atoms with Crippen molar-refractivity contribution in [3.8, 4) is 5.75 Å². The molecule has 7 nitrogen and oxygen atoms in total. The molecule has 1 aliphatic heterocycles. The van der Waals surface area contributed by atoms with Gasteiger partial charge in [0.15, 0.2) is 23.0 Å². The van der Waals surface area contributed by atoms with Gasteiger partial charge in [-0.1, -0.05) is 13.0 Å². The second kappa shape index (κ2) is 8.78. The number of carbonyl (C=O) groups is 2. The summed E-state index contributed by atoms with van der Waals surface area (Å²) in [6, 6.07) is 2.46. The zero-order chi connectivity index (χ0) is 25.6. The van der Waals surface area contributed by atoms with E-state index >= 15 is 0 Å². The van der Waals surface area contributed by atoms with Gasteiger partial charge in [0.25, 0.3) is 11.8 Å². The highest BCUT2D eigenvalue weighted by Crippen LogP contribution is 2.55. The number of rotatable bonds is 5. The summed E-state index contributed by atoms with van der Waals surface area (Å²) < 4.78 is 94.1. The van der Waals surface area contributed by atoms with E-state index in [0.29, 0.717) is 19.2 Å². The van der Waals surface area contributed by atoms with Crippen LogP contribution in [0.25, 0.3) is 0 Å². The van der Waals surface area contributed by atoms with Crippen LogP contribution in [0.1, 0.15) is 35.8 Å². The molecular weight excluding hydrogens is 472 g/mol. The lowest BCUT2D eigenvalue weighted by atomic mass is 9.77. The highest BCUT2D eigenvalue weighted by molar-refractivity contribution is 5.97. The highest BCUT2D eigenvalue weighted by Gasteiger charge is 2.66. The quantitative estimate of drug-likeness (QED) is 0.622. The van der Waals surface area contributed by atoms with Crippen molar-refractivity contribution in [2.24, 2.45) is 11.7 Å². The maximum Gasteiger partial charge on any atom is 0.417 e. The first-order chi connectivity index (χ1) is 15.7. The molecule has 0 radical (unpaired) electrons. The summed E-state index contributed by atoms with van der Waals surface area (Å²) in [7, 11) is 0.984. The van der Waals surface area contributed by atoms with E-state index in [-0.39, 0.29) is 5.56 Å². The SMILES string of the molecule is COc1c([C@H]2[C@@H](C)[C@@](C)(C(F)(F)F)O[C@H]2C(=O)Nc2cc(C(N)=O)ncc2F)ccc(F)c1F. The minimum Gasteiger partial charge on any atom is -0.493 e. The first-order valence-corrected chi connectivity index (χ1v) is 9.75. The lowest BCUT2D eigenvalue weighted by Gasteiger charge is -2.32. The number of aromatic nitrogens is 1. The molecule has 0 saturated carbocycles. The second-order valence-corrected chi connectivity index (χ2v) is 7.84. The van der Waals surface area contributed by atoms with Crippen LogP contribution in [0.5, 0.6) is 5.75 Å². The summed E-state index contributed by atoms with van der Waals surface area (Å²) in [5.41, 5.74) is 0.923. The number of methoxy groups -OCH3 is 1. The van der Waals surface area contributed by atoms with Gasteiger partial charge in [-0.2, -0.15) is 17.6 Å². The van der Waals surface area contributed by atoms with Crippen LogP contribution in [0.2, 0.25) is 0 Å². The fourth-order valence-corrected chi connectivity index (χ4v) is 3.91. The normalized spacial score (nSPS) is 24.7. The summed E-state index contributed by atoms with van der Waals surface area (Å²) in [5, 5.41) is 2.06. The molecular formula is C21H19F6N3O4. The van der Waals surface area contributed by atoms with E-state index in [2.05, 4.69) is 10.3 Å². The number of amides is 2. The van der Waals surface area contributed by atoms with Gasteiger partial charge in [-0.15, -0.1) is 0 Å². The molecule has 0 aliphatic carbocycles. The largest absolute Gasteiger partial charge is 0.493 e. The number of nitrogens with one attached hydrogen (secondary N) is 1. The zero-order valence-corrected chi connectivity index (χ0v) is 18.0. The van der Waals surface area contributed by atoms with Gasteiger partial charge in [-0.25, -0.2) is 13.8 Å². The van der Waals surface area contributed by atoms with Crippen molar-refractivity contribution in [1.82, 2.24) is 4.98 Å². The third-order valence-electron chi connectivity index (χ3n) is 5.94. The number of primary amides is 1. The number of halogens is 6. The Morgan fingerprint density at radius 3 is 2.41 bits per heavy atom. The number of hydrogen-bond donors (Lipinski definition) is 2. The van der Waals surface area contributed by atoms with E-state index in [4.69, 9.17) is 15.2 Å². The predicted molar refractivity (Wildman–Crippen MR) is 105 cm³/mol. The van der Waals surface area contributed by atoms with Crippen LogP contribution in [-0.2, 0) is 9.53 Å². The molecule has 0 bridgehead atoms. The van der Waals surface area contributed by atoms with Crippen molar-refractivity contribution in [3.63, 3.8) is 0 Å². The molecule has 3 N–H and O–H groups in total. The van der Waals surface area contributed by atoms with Gasteiger partial charge in [-0.3, -0.25) is 9.59 Å². The molecule has 184 valence electrons. The van der Waals surface area contributed by atoms with Crippen molar-refractivity contribution < 1.29 is 45.4 Å². The van der Waals surface area contributed by atoms with Crippen LogP contribution >= 0.6 is 0 Å². The van der Waals surface area contributed by atoms with Gasteiger partial charge >= 0.3 is 6.18 Å². The Morgan fingerprint density at radius 2 is 1.85 bits per heavy atom. The number of pyridine rings is 1. The van der Waals surface area contributed by atoms with E-state index < -0.39 is 76.1 Å². The zero-order valence-electron chi connectivity index (χ0n) is 18.0. The van der Waals surface area contributed by atoms with Crippen LogP contribution in [-0.4, -0.2) is 41.8 Å². The van der Waals surface area contributed by atoms with Crippen LogP contribution in [0, 0.1) is 23.4 Å². The molecule has 0 unspecified atom stereocenters. The molecule has 2 amide bonds. The van der Waals surface area contributed by atoms with E-state index in [1.165, 1.54) is 0 Å². The van der Waals surface area contributed by atoms with Gasteiger partial charge in [0, 0.05) is 17.4 Å². The van der Waals surface area contributed by atoms with Crippen molar-refractivity contribution >= 4 is 17.5 Å². The number of benzene rings is 1. The fourth-order valence-electron chi connectivity index (χ4n) is 3.91. The lowest BCUT2D eigenvalue weighted by Crippen LogP contribution is -2.47. The summed E-state index contributed by atoms with van der Waals surface area (Å²) >= 11 is 0. The number of carbonyl (C=O) groups excluding carboxylic acids is 2. The van der Waals surface area contributed by atoms with Gasteiger partial charge in [0.1, 0.15) is 11.8 Å². The molecule has 1 saturated heterocycles. The fraction of sp³-hybridized carbons (Fsp3) is 0.381. The third-order valence-corrected chi connectivity index (χ3v) is 5.94. The topological polar surface area (TPSA) is 104 Å². The Labute approximate surface area is 189 Å². The Balaban J connectivity index is 2.10. The smallest absolute Gasteiger partial charge is 0.417 e. The Hall–Kier alpha value is -3.35. The Bertz CT molecular complexity index is 1140. The van der Waals surface area contributed by atoms with E-state index in [1.54, 1.807) is 0 Å². The minimum absolute atomic E-state index is 0.255. The number of nitrogens with two attached hydrogens (primary N) is 1. The molecule has 2 aromatic rings. The maximum atomic E-state index is 14.4. The molecule has 1 aromatic heterocycles. The molecule has 3 rings (SSSR count). The summed E-state index contributed by atoms with van der Waals surface area (Å²) in [6.07, 6.45) is -6.32. The van der Waals surface area contributed by atoms with Gasteiger partial charge in [-0.05, 0) is 19.1 Å². The Morgan fingerprint density at radius 1 is 1.21 bits per heavy atom. The monoisotopic (exact) mass is 491 g/mol. The molecule has 13 heteroatoms. The van der Waals surface area contributed by atoms with Crippen LogP contribution in [0.3, 0.4) is 0 Å². The van der Waals surface area contributed by atoms with E-state index in [0.717, 1.165) is 26.2 Å². The van der Waals surface area contributed by atoms with Crippen molar-refractivity contribution in [1.29, 1.82) is 0 Å². The molecule has 1 fully saturated rings. The average molecular weight is 491 g/mol. The first kappa shape index (κ1) is 25.3. The molecule has 1 aliphatic rings. The summed E-state index contributed by atoms with van der Waals surface area (Å²) in [6.45, 7) is 1.84. The number of nitrogens with zero attached hydrogens (tertiary/aromatic N) is 1. The summed E-state index contributed by atoms with van der Waals surface area (Å²) in [4.78, 5) is 27.8. The first-order valence-electron chi connectivity index (χ1n) is 9.75. The standard InChI is InChI=1S/C21H19F6N3O4/c1-8-14(9-4-5-10(22)15(24)16(9)33-3)17(34-20(8,2)21(25,26)27)19(32)30-12-6-13(18(28)31)29-7-11(12)23/h4-8,14,17H,1-3H3,(H2,28,31)(H,29,30,32)/t8-,14-,17-,20+/m1/s1. The van der Waals surface area contributed by atoms with Gasteiger partial charge < -0.3 is 20.5 Å². The van der Waals surface area contributed by atoms with Crippen LogP contribution in [0.15, 0.2) is 24.4 Å². The summed E-state index contributed by atoms with van der Waals surface area (Å²) in [5.74, 6) is -9.85. The number of hydrogen-bond acceptors (Lipinski definition) is 5. The van der Waals surface area contributed by atoms with E-state index in [1.807, 2.05) is 0 Å². The highest BCUT2D eigenvalue weighted by atomic mass is 19.4. The molecule has 4 atom stereocenters. The number of anilines is 1. The second-order valence-electron chi connectivity index (χ2n) is 7.84. The molecule has 0 spiro atoms. The van der Waals surface area contributed by atoms with Crippen molar-refractivity contribution in [3.05, 3.63) is 53.1 Å².